The number of hydrogen-bond donors (Lipinski definition) is 1. The molecular formula is C16H17NO2. The highest BCUT2D eigenvalue weighted by Gasteiger charge is 2.18. The van der Waals surface area contributed by atoms with Gasteiger partial charge in [-0.25, -0.2) is 0 Å². The van der Waals surface area contributed by atoms with Crippen LogP contribution in [0, 0.1) is 0 Å². The summed E-state index contributed by atoms with van der Waals surface area (Å²) in [5, 5.41) is 9.26. The van der Waals surface area contributed by atoms with Crippen LogP contribution in [-0.2, 0) is 13.2 Å². The van der Waals surface area contributed by atoms with E-state index in [4.69, 9.17) is 4.74 Å². The maximum atomic E-state index is 9.26. The lowest BCUT2D eigenvalue weighted by Crippen LogP contribution is -2.32. The van der Waals surface area contributed by atoms with Gasteiger partial charge in [-0.15, -0.1) is 0 Å². The Morgan fingerprint density at radius 1 is 1.05 bits per heavy atom. The summed E-state index contributed by atoms with van der Waals surface area (Å²) < 4.78 is 5.67. The SMILES string of the molecule is OCc1ccc2c(c1)N(Cc1ccccc1)CCO2. The largest absolute Gasteiger partial charge is 0.490 e. The van der Waals surface area contributed by atoms with Gasteiger partial charge in [0.2, 0.25) is 0 Å². The summed E-state index contributed by atoms with van der Waals surface area (Å²) in [5.41, 5.74) is 3.27. The van der Waals surface area contributed by atoms with Gasteiger partial charge in [-0.2, -0.15) is 0 Å². The molecule has 1 N–H and O–H groups in total. The number of benzene rings is 2. The van der Waals surface area contributed by atoms with Gasteiger partial charge in [-0.1, -0.05) is 36.4 Å². The fourth-order valence-corrected chi connectivity index (χ4v) is 2.38. The van der Waals surface area contributed by atoms with Crippen molar-refractivity contribution < 1.29 is 9.84 Å². The van der Waals surface area contributed by atoms with Crippen LogP contribution in [0.1, 0.15) is 11.1 Å². The molecule has 1 aliphatic heterocycles. The lowest BCUT2D eigenvalue weighted by atomic mass is 10.1. The van der Waals surface area contributed by atoms with Crippen molar-refractivity contribution in [2.75, 3.05) is 18.1 Å². The molecule has 0 saturated heterocycles. The molecule has 2 aromatic carbocycles. The Labute approximate surface area is 113 Å². The molecule has 0 aliphatic carbocycles. The molecule has 0 amide bonds. The molecule has 19 heavy (non-hydrogen) atoms. The predicted octanol–water partition coefficient (Wildman–Crippen LogP) is 2.58. The standard InChI is InChI=1S/C16H17NO2/c18-12-14-6-7-16-15(10-14)17(8-9-19-16)11-13-4-2-1-3-5-13/h1-7,10,18H,8-9,11-12H2. The fourth-order valence-electron chi connectivity index (χ4n) is 2.38. The summed E-state index contributed by atoms with van der Waals surface area (Å²) in [5.74, 6) is 0.902. The van der Waals surface area contributed by atoms with E-state index in [0.717, 1.165) is 30.1 Å². The summed E-state index contributed by atoms with van der Waals surface area (Å²) in [7, 11) is 0. The zero-order valence-electron chi connectivity index (χ0n) is 10.7. The first kappa shape index (κ1) is 12.1. The van der Waals surface area contributed by atoms with Crippen LogP contribution < -0.4 is 9.64 Å². The molecule has 3 rings (SSSR count). The van der Waals surface area contributed by atoms with Gasteiger partial charge in [0.25, 0.3) is 0 Å². The van der Waals surface area contributed by atoms with Crippen molar-refractivity contribution in [3.05, 3.63) is 59.7 Å². The lowest BCUT2D eigenvalue weighted by Gasteiger charge is -2.31. The average molecular weight is 255 g/mol. The molecule has 0 atom stereocenters. The van der Waals surface area contributed by atoms with Gasteiger partial charge in [0.15, 0.2) is 0 Å². The second kappa shape index (κ2) is 5.33. The molecule has 3 heteroatoms. The van der Waals surface area contributed by atoms with Crippen molar-refractivity contribution in [1.29, 1.82) is 0 Å². The van der Waals surface area contributed by atoms with Gasteiger partial charge >= 0.3 is 0 Å². The average Bonchev–Trinajstić information content (AvgIpc) is 2.48. The smallest absolute Gasteiger partial charge is 0.142 e. The number of fused-ring (bicyclic) bond motifs is 1. The van der Waals surface area contributed by atoms with Crippen LogP contribution in [0.2, 0.25) is 0 Å². The van der Waals surface area contributed by atoms with Crippen LogP contribution in [0.4, 0.5) is 5.69 Å². The number of aliphatic hydroxyl groups is 1. The third-order valence-electron chi connectivity index (χ3n) is 3.38. The predicted molar refractivity (Wildman–Crippen MR) is 75.4 cm³/mol. The third kappa shape index (κ3) is 2.56. The number of ether oxygens (including phenoxy) is 1. The molecule has 0 radical (unpaired) electrons. The number of aliphatic hydroxyl groups excluding tert-OH is 1. The van der Waals surface area contributed by atoms with Gasteiger partial charge < -0.3 is 14.7 Å². The van der Waals surface area contributed by atoms with E-state index in [-0.39, 0.29) is 6.61 Å². The minimum absolute atomic E-state index is 0.0620. The van der Waals surface area contributed by atoms with Crippen molar-refractivity contribution in [2.24, 2.45) is 0 Å². The van der Waals surface area contributed by atoms with E-state index in [1.165, 1.54) is 5.56 Å². The van der Waals surface area contributed by atoms with E-state index in [1.54, 1.807) is 0 Å². The minimum atomic E-state index is 0.0620. The summed E-state index contributed by atoms with van der Waals surface area (Å²) in [4.78, 5) is 2.30. The molecule has 1 heterocycles. The van der Waals surface area contributed by atoms with Crippen LogP contribution in [0.3, 0.4) is 0 Å². The monoisotopic (exact) mass is 255 g/mol. The molecule has 0 fully saturated rings. The Morgan fingerprint density at radius 3 is 2.68 bits per heavy atom. The molecule has 1 aliphatic rings. The summed E-state index contributed by atoms with van der Waals surface area (Å²) in [6.45, 7) is 2.51. The van der Waals surface area contributed by atoms with E-state index in [9.17, 15) is 5.11 Å². The zero-order valence-corrected chi connectivity index (χ0v) is 10.7. The summed E-state index contributed by atoms with van der Waals surface area (Å²) >= 11 is 0. The van der Waals surface area contributed by atoms with Gasteiger partial charge in [0, 0.05) is 6.54 Å². The Kier molecular flexibility index (Phi) is 3.38. The third-order valence-corrected chi connectivity index (χ3v) is 3.38. The quantitative estimate of drug-likeness (QED) is 0.915. The number of anilines is 1. The fraction of sp³-hybridized carbons (Fsp3) is 0.250. The molecule has 0 spiro atoms. The normalized spacial score (nSPS) is 13.8. The molecular weight excluding hydrogens is 238 g/mol. The summed E-state index contributed by atoms with van der Waals surface area (Å²) in [6, 6.07) is 16.3. The van der Waals surface area contributed by atoms with E-state index < -0.39 is 0 Å². The molecule has 98 valence electrons. The van der Waals surface area contributed by atoms with Gasteiger partial charge in [-0.3, -0.25) is 0 Å². The first-order valence-corrected chi connectivity index (χ1v) is 6.52. The second-order valence-corrected chi connectivity index (χ2v) is 4.72. The lowest BCUT2D eigenvalue weighted by molar-refractivity contribution is 0.280. The molecule has 0 aromatic heterocycles. The molecule has 0 unspecified atom stereocenters. The maximum Gasteiger partial charge on any atom is 0.142 e. The Balaban J connectivity index is 1.89. The van der Waals surface area contributed by atoms with Crippen molar-refractivity contribution in [3.8, 4) is 5.75 Å². The summed E-state index contributed by atoms with van der Waals surface area (Å²) in [6.07, 6.45) is 0. The Bertz CT molecular complexity index is 554. The van der Waals surface area contributed by atoms with Crippen LogP contribution >= 0.6 is 0 Å². The van der Waals surface area contributed by atoms with Crippen LogP contribution in [0.25, 0.3) is 0 Å². The van der Waals surface area contributed by atoms with E-state index in [2.05, 4.69) is 29.2 Å². The highest BCUT2D eigenvalue weighted by atomic mass is 16.5. The Hall–Kier alpha value is -2.00. The van der Waals surface area contributed by atoms with Gasteiger partial charge in [-0.05, 0) is 23.3 Å². The number of rotatable bonds is 3. The number of hydrogen-bond acceptors (Lipinski definition) is 3. The molecule has 0 bridgehead atoms. The van der Waals surface area contributed by atoms with Gasteiger partial charge in [0.05, 0.1) is 18.8 Å². The molecule has 2 aromatic rings. The first-order chi connectivity index (χ1) is 9.36. The molecule has 3 nitrogen and oxygen atoms in total. The van der Waals surface area contributed by atoms with E-state index in [1.807, 2.05) is 24.3 Å². The van der Waals surface area contributed by atoms with E-state index >= 15 is 0 Å². The molecule has 0 saturated carbocycles. The van der Waals surface area contributed by atoms with Gasteiger partial charge in [0.1, 0.15) is 12.4 Å². The van der Waals surface area contributed by atoms with E-state index in [0.29, 0.717) is 6.61 Å². The van der Waals surface area contributed by atoms with Crippen LogP contribution in [0.15, 0.2) is 48.5 Å². The maximum absolute atomic E-state index is 9.26. The topological polar surface area (TPSA) is 32.7 Å². The van der Waals surface area contributed by atoms with Crippen molar-refractivity contribution in [3.63, 3.8) is 0 Å². The number of nitrogens with zero attached hydrogens (tertiary/aromatic N) is 1. The highest BCUT2D eigenvalue weighted by molar-refractivity contribution is 5.61. The van der Waals surface area contributed by atoms with Crippen LogP contribution in [0.5, 0.6) is 5.75 Å². The Morgan fingerprint density at radius 2 is 1.89 bits per heavy atom. The second-order valence-electron chi connectivity index (χ2n) is 4.72. The highest BCUT2D eigenvalue weighted by Crippen LogP contribution is 2.33. The zero-order chi connectivity index (χ0) is 13.1. The minimum Gasteiger partial charge on any atom is -0.490 e. The van der Waals surface area contributed by atoms with Crippen molar-refractivity contribution in [1.82, 2.24) is 0 Å². The van der Waals surface area contributed by atoms with Crippen molar-refractivity contribution >= 4 is 5.69 Å². The first-order valence-electron chi connectivity index (χ1n) is 6.52. The van der Waals surface area contributed by atoms with Crippen LogP contribution in [-0.4, -0.2) is 18.3 Å². The van der Waals surface area contributed by atoms with Crippen molar-refractivity contribution in [2.45, 2.75) is 13.2 Å².